The van der Waals surface area contributed by atoms with Crippen molar-refractivity contribution in [3.63, 3.8) is 0 Å². The molecule has 0 saturated carbocycles. The maximum absolute atomic E-state index is 12.0. The second kappa shape index (κ2) is 9.17. The quantitative estimate of drug-likeness (QED) is 0.806. The predicted molar refractivity (Wildman–Crippen MR) is 92.8 cm³/mol. The van der Waals surface area contributed by atoms with Gasteiger partial charge in [0.2, 0.25) is 5.91 Å². The molecule has 0 aromatic heterocycles. The van der Waals surface area contributed by atoms with Gasteiger partial charge in [0.05, 0.1) is 19.9 Å². The molecule has 2 amide bonds. The number of ether oxygens (including phenoxy) is 3. The molecule has 2 aromatic carbocycles. The van der Waals surface area contributed by atoms with Gasteiger partial charge in [0.1, 0.15) is 24.7 Å². The van der Waals surface area contributed by atoms with Gasteiger partial charge >= 0.3 is 6.09 Å². The smallest absolute Gasteiger partial charge is 0.407 e. The van der Waals surface area contributed by atoms with Crippen molar-refractivity contribution in [2.45, 2.75) is 6.61 Å². The van der Waals surface area contributed by atoms with E-state index in [2.05, 4.69) is 10.6 Å². The molecule has 0 bridgehead atoms. The Bertz CT molecular complexity index is 719. The third-order valence-electron chi connectivity index (χ3n) is 3.29. The van der Waals surface area contributed by atoms with Gasteiger partial charge in [0.25, 0.3) is 0 Å². The first kappa shape index (κ1) is 18.1. The maximum atomic E-state index is 12.0. The molecule has 7 nitrogen and oxygen atoms in total. The minimum Gasteiger partial charge on any atom is -0.497 e. The molecular formula is C18H20N2O5. The summed E-state index contributed by atoms with van der Waals surface area (Å²) >= 11 is 0. The van der Waals surface area contributed by atoms with E-state index >= 15 is 0 Å². The molecule has 132 valence electrons. The minimum absolute atomic E-state index is 0.137. The second-order valence-electron chi connectivity index (χ2n) is 5.03. The van der Waals surface area contributed by atoms with Gasteiger partial charge in [-0.15, -0.1) is 0 Å². The van der Waals surface area contributed by atoms with Gasteiger partial charge < -0.3 is 24.8 Å². The summed E-state index contributed by atoms with van der Waals surface area (Å²) in [6.07, 6.45) is -0.670. The summed E-state index contributed by atoms with van der Waals surface area (Å²) in [5.74, 6) is 0.648. The lowest BCUT2D eigenvalue weighted by atomic mass is 10.2. The first-order valence-corrected chi connectivity index (χ1v) is 7.59. The van der Waals surface area contributed by atoms with Gasteiger partial charge in [-0.25, -0.2) is 4.79 Å². The monoisotopic (exact) mass is 344 g/mol. The number of carbonyl (C=O) groups is 2. The van der Waals surface area contributed by atoms with Gasteiger partial charge in [-0.1, -0.05) is 30.3 Å². The highest BCUT2D eigenvalue weighted by molar-refractivity contribution is 5.95. The molecule has 0 heterocycles. The zero-order valence-electron chi connectivity index (χ0n) is 14.1. The summed E-state index contributed by atoms with van der Waals surface area (Å²) in [5, 5.41) is 5.04. The van der Waals surface area contributed by atoms with Crippen LogP contribution in [0.4, 0.5) is 10.5 Å². The standard InChI is InChI=1S/C18H20N2O5/c1-23-14-8-9-16(24-2)15(10-14)20-17(21)11-19-18(22)25-12-13-6-4-3-5-7-13/h3-10H,11-12H2,1-2H3,(H,19,22)(H,20,21). The fourth-order valence-corrected chi connectivity index (χ4v) is 2.03. The maximum Gasteiger partial charge on any atom is 0.407 e. The van der Waals surface area contributed by atoms with E-state index in [1.807, 2.05) is 30.3 Å². The van der Waals surface area contributed by atoms with Crippen LogP contribution < -0.4 is 20.1 Å². The number of nitrogens with one attached hydrogen (secondary N) is 2. The van der Waals surface area contributed by atoms with E-state index < -0.39 is 12.0 Å². The number of rotatable bonds is 7. The first-order chi connectivity index (χ1) is 12.1. The van der Waals surface area contributed by atoms with Crippen molar-refractivity contribution in [1.29, 1.82) is 0 Å². The van der Waals surface area contributed by atoms with Crippen LogP contribution in [-0.2, 0) is 16.1 Å². The molecular weight excluding hydrogens is 324 g/mol. The first-order valence-electron chi connectivity index (χ1n) is 7.59. The summed E-state index contributed by atoms with van der Waals surface area (Å²) in [6, 6.07) is 14.3. The number of alkyl carbamates (subject to hydrolysis) is 1. The van der Waals surface area contributed by atoms with Crippen LogP contribution in [0, 0.1) is 0 Å². The lowest BCUT2D eigenvalue weighted by molar-refractivity contribution is -0.115. The van der Waals surface area contributed by atoms with Crippen molar-refractivity contribution in [2.75, 3.05) is 26.1 Å². The number of anilines is 1. The van der Waals surface area contributed by atoms with Crippen molar-refractivity contribution in [2.24, 2.45) is 0 Å². The molecule has 2 aromatic rings. The number of hydrogen-bond donors (Lipinski definition) is 2. The molecule has 0 radical (unpaired) electrons. The molecule has 2 N–H and O–H groups in total. The zero-order valence-corrected chi connectivity index (χ0v) is 14.1. The van der Waals surface area contributed by atoms with E-state index in [0.717, 1.165) is 5.56 Å². The van der Waals surface area contributed by atoms with Gasteiger partial charge in [-0.2, -0.15) is 0 Å². The van der Waals surface area contributed by atoms with Gasteiger partial charge in [0, 0.05) is 6.07 Å². The van der Waals surface area contributed by atoms with Crippen molar-refractivity contribution in [3.05, 3.63) is 54.1 Å². The lowest BCUT2D eigenvalue weighted by Gasteiger charge is -2.12. The van der Waals surface area contributed by atoms with Crippen LogP contribution in [0.15, 0.2) is 48.5 Å². The zero-order chi connectivity index (χ0) is 18.1. The van der Waals surface area contributed by atoms with E-state index in [4.69, 9.17) is 14.2 Å². The van der Waals surface area contributed by atoms with Crippen molar-refractivity contribution >= 4 is 17.7 Å². The molecule has 0 fully saturated rings. The number of amides is 2. The summed E-state index contributed by atoms with van der Waals surface area (Å²) in [7, 11) is 3.02. The Morgan fingerprint density at radius 1 is 1.00 bits per heavy atom. The Morgan fingerprint density at radius 3 is 2.44 bits per heavy atom. The van der Waals surface area contributed by atoms with Crippen LogP contribution in [0.25, 0.3) is 0 Å². The summed E-state index contributed by atoms with van der Waals surface area (Å²) in [5.41, 5.74) is 1.31. The summed E-state index contributed by atoms with van der Waals surface area (Å²) < 4.78 is 15.3. The molecule has 0 unspecified atom stereocenters. The number of methoxy groups -OCH3 is 2. The van der Waals surface area contributed by atoms with Gasteiger partial charge in [-0.3, -0.25) is 4.79 Å². The Balaban J connectivity index is 1.81. The van der Waals surface area contributed by atoms with Crippen molar-refractivity contribution < 1.29 is 23.8 Å². The number of carbonyl (C=O) groups excluding carboxylic acids is 2. The summed E-state index contributed by atoms with van der Waals surface area (Å²) in [4.78, 5) is 23.6. The molecule has 0 atom stereocenters. The molecule has 0 aliphatic rings. The molecule has 25 heavy (non-hydrogen) atoms. The van der Waals surface area contributed by atoms with Crippen molar-refractivity contribution in [3.8, 4) is 11.5 Å². The molecule has 7 heteroatoms. The SMILES string of the molecule is COc1ccc(OC)c(NC(=O)CNC(=O)OCc2ccccc2)c1. The van der Waals surface area contributed by atoms with Crippen LogP contribution in [0.5, 0.6) is 11.5 Å². The third-order valence-corrected chi connectivity index (χ3v) is 3.29. The van der Waals surface area contributed by atoms with Crippen molar-refractivity contribution in [1.82, 2.24) is 5.32 Å². The predicted octanol–water partition coefficient (Wildman–Crippen LogP) is 2.57. The number of hydrogen-bond acceptors (Lipinski definition) is 5. The van der Waals surface area contributed by atoms with Gasteiger partial charge in [0.15, 0.2) is 0 Å². The van der Waals surface area contributed by atoms with Gasteiger partial charge in [-0.05, 0) is 17.7 Å². The summed E-state index contributed by atoms with van der Waals surface area (Å²) in [6.45, 7) is -0.0913. The Hall–Kier alpha value is -3.22. The fourth-order valence-electron chi connectivity index (χ4n) is 2.03. The topological polar surface area (TPSA) is 85.9 Å². The van der Waals surface area contributed by atoms with E-state index in [1.165, 1.54) is 14.2 Å². The fraction of sp³-hybridized carbons (Fsp3) is 0.222. The lowest BCUT2D eigenvalue weighted by Crippen LogP contribution is -2.33. The average molecular weight is 344 g/mol. The minimum atomic E-state index is -0.670. The van der Waals surface area contributed by atoms with E-state index in [9.17, 15) is 9.59 Å². The van der Waals surface area contributed by atoms with E-state index in [1.54, 1.807) is 18.2 Å². The third kappa shape index (κ3) is 5.72. The highest BCUT2D eigenvalue weighted by Gasteiger charge is 2.11. The van der Waals surface area contributed by atoms with Crippen LogP contribution in [0.1, 0.15) is 5.56 Å². The Kier molecular flexibility index (Phi) is 6.65. The van der Waals surface area contributed by atoms with E-state index in [-0.39, 0.29) is 13.2 Å². The highest BCUT2D eigenvalue weighted by Crippen LogP contribution is 2.28. The Morgan fingerprint density at radius 2 is 1.76 bits per heavy atom. The molecule has 0 aliphatic heterocycles. The highest BCUT2D eigenvalue weighted by atomic mass is 16.5. The van der Waals surface area contributed by atoms with Crippen LogP contribution in [0.2, 0.25) is 0 Å². The Labute approximate surface area is 145 Å². The normalized spacial score (nSPS) is 9.84. The van der Waals surface area contributed by atoms with Crippen LogP contribution >= 0.6 is 0 Å². The van der Waals surface area contributed by atoms with E-state index in [0.29, 0.717) is 17.2 Å². The van der Waals surface area contributed by atoms with Crippen LogP contribution in [-0.4, -0.2) is 32.8 Å². The largest absolute Gasteiger partial charge is 0.497 e. The number of benzene rings is 2. The second-order valence-corrected chi connectivity index (χ2v) is 5.03. The molecule has 0 aliphatic carbocycles. The molecule has 0 spiro atoms. The average Bonchev–Trinajstić information content (AvgIpc) is 2.65. The molecule has 2 rings (SSSR count). The molecule has 0 saturated heterocycles. The van der Waals surface area contributed by atoms with Crippen LogP contribution in [0.3, 0.4) is 0 Å².